The van der Waals surface area contributed by atoms with Crippen LogP contribution in [0.4, 0.5) is 0 Å². The third-order valence-corrected chi connectivity index (χ3v) is 6.46. The summed E-state index contributed by atoms with van der Waals surface area (Å²) in [6.07, 6.45) is 18.6. The summed E-state index contributed by atoms with van der Waals surface area (Å²) in [5, 5.41) is 3.83. The summed E-state index contributed by atoms with van der Waals surface area (Å²) in [6.45, 7) is 2.54. The second kappa shape index (κ2) is 4.34. The van der Waals surface area contributed by atoms with E-state index in [0.717, 1.165) is 23.5 Å². The molecular formula is C18H24N2. The van der Waals surface area contributed by atoms with Gasteiger partial charge in [-0.05, 0) is 66.6 Å². The Balaban J connectivity index is 1.70. The zero-order valence-corrected chi connectivity index (χ0v) is 12.3. The predicted molar refractivity (Wildman–Crippen MR) is 83.1 cm³/mol. The lowest BCUT2D eigenvalue weighted by molar-refractivity contribution is 0.0512. The normalized spacial score (nSPS) is 47.6. The quantitative estimate of drug-likeness (QED) is 0.526. The fraction of sp³-hybridized carbons (Fsp3) is 0.611. The molecule has 2 heteroatoms. The van der Waals surface area contributed by atoms with Gasteiger partial charge in [-0.2, -0.15) is 5.10 Å². The molecule has 0 bridgehead atoms. The molecule has 106 valence electrons. The van der Waals surface area contributed by atoms with Crippen LogP contribution in [0.2, 0.25) is 0 Å². The summed E-state index contributed by atoms with van der Waals surface area (Å²) >= 11 is 0. The van der Waals surface area contributed by atoms with Crippen LogP contribution in [-0.4, -0.2) is 5.71 Å². The van der Waals surface area contributed by atoms with Crippen molar-refractivity contribution in [2.45, 2.75) is 39.0 Å². The Morgan fingerprint density at radius 3 is 2.95 bits per heavy atom. The van der Waals surface area contributed by atoms with E-state index in [1.165, 1.54) is 37.7 Å². The van der Waals surface area contributed by atoms with Gasteiger partial charge in [-0.25, -0.2) is 0 Å². The number of nitrogens with two attached hydrogens (primary N) is 1. The Labute approximate surface area is 121 Å². The molecule has 0 aromatic rings. The van der Waals surface area contributed by atoms with Crippen molar-refractivity contribution in [3.63, 3.8) is 0 Å². The summed E-state index contributed by atoms with van der Waals surface area (Å²) in [6, 6.07) is 0. The summed E-state index contributed by atoms with van der Waals surface area (Å²) in [5.41, 5.74) is 2.94. The maximum Gasteiger partial charge on any atom is 0.0826 e. The third kappa shape index (κ3) is 1.66. The van der Waals surface area contributed by atoms with Crippen molar-refractivity contribution in [1.82, 2.24) is 0 Å². The van der Waals surface area contributed by atoms with Crippen LogP contribution in [0.25, 0.3) is 0 Å². The second-order valence-corrected chi connectivity index (χ2v) is 7.37. The molecule has 0 spiro atoms. The first kappa shape index (κ1) is 12.4. The molecule has 0 heterocycles. The predicted octanol–water partition coefficient (Wildman–Crippen LogP) is 3.82. The van der Waals surface area contributed by atoms with Gasteiger partial charge in [-0.15, -0.1) is 0 Å². The Hall–Kier alpha value is -1.31. The Morgan fingerprint density at radius 1 is 1.20 bits per heavy atom. The minimum absolute atomic E-state index is 0.598. The largest absolute Gasteiger partial charge is 0.323 e. The second-order valence-electron chi connectivity index (χ2n) is 7.37. The smallest absolute Gasteiger partial charge is 0.0826 e. The SMILES string of the molecule is C[C@@]12CCC[C@H]1[C@@H]1C=CC3=CC(=NN)C=C[C@@H]3[C@H]1CC2. The van der Waals surface area contributed by atoms with Crippen LogP contribution >= 0.6 is 0 Å². The zero-order valence-electron chi connectivity index (χ0n) is 12.3. The Kier molecular flexibility index (Phi) is 2.70. The molecule has 2 N–H and O–H groups in total. The highest BCUT2D eigenvalue weighted by Gasteiger charge is 2.50. The molecule has 0 aliphatic heterocycles. The first-order valence-electron chi connectivity index (χ1n) is 8.07. The molecule has 0 aromatic heterocycles. The van der Waals surface area contributed by atoms with Crippen LogP contribution in [0.3, 0.4) is 0 Å². The van der Waals surface area contributed by atoms with Crippen LogP contribution in [-0.2, 0) is 0 Å². The summed E-state index contributed by atoms with van der Waals surface area (Å²) in [5.74, 6) is 8.52. The van der Waals surface area contributed by atoms with Gasteiger partial charge in [0.15, 0.2) is 0 Å². The highest BCUT2D eigenvalue weighted by atomic mass is 15.1. The topological polar surface area (TPSA) is 38.4 Å². The van der Waals surface area contributed by atoms with Crippen LogP contribution in [0.5, 0.6) is 0 Å². The van der Waals surface area contributed by atoms with E-state index in [2.05, 4.69) is 42.4 Å². The molecule has 4 rings (SSSR count). The molecular weight excluding hydrogens is 244 g/mol. The number of fused-ring (bicyclic) bond motifs is 5. The highest BCUT2D eigenvalue weighted by molar-refractivity contribution is 6.05. The molecule has 0 amide bonds. The molecule has 0 saturated heterocycles. The molecule has 0 radical (unpaired) electrons. The van der Waals surface area contributed by atoms with Gasteiger partial charge < -0.3 is 5.84 Å². The number of nitrogens with zero attached hydrogens (tertiary/aromatic N) is 1. The average Bonchev–Trinajstić information content (AvgIpc) is 2.88. The molecule has 20 heavy (non-hydrogen) atoms. The molecule has 4 aliphatic carbocycles. The molecule has 2 fully saturated rings. The minimum Gasteiger partial charge on any atom is -0.323 e. The number of hydrazone groups is 1. The van der Waals surface area contributed by atoms with E-state index < -0.39 is 0 Å². The van der Waals surface area contributed by atoms with E-state index in [1.54, 1.807) is 0 Å². The highest BCUT2D eigenvalue weighted by Crippen LogP contribution is 2.59. The molecule has 4 aliphatic rings. The molecule has 0 aromatic carbocycles. The lowest BCUT2D eigenvalue weighted by atomic mass is 9.55. The standard InChI is InChI=1S/C18H24N2/c1-18-9-2-3-17(18)16-6-4-12-11-13(20-19)5-7-14(12)15(16)8-10-18/h4-7,11,14-17H,2-3,8-10,19H2,1H3/t14-,15+,16+,17-,18-/m0/s1. The lowest BCUT2D eigenvalue weighted by Gasteiger charge is -2.49. The number of hydrogen-bond donors (Lipinski definition) is 1. The van der Waals surface area contributed by atoms with E-state index in [4.69, 9.17) is 5.84 Å². The van der Waals surface area contributed by atoms with E-state index in [-0.39, 0.29) is 0 Å². The monoisotopic (exact) mass is 268 g/mol. The molecule has 5 atom stereocenters. The average molecular weight is 268 g/mol. The maximum atomic E-state index is 5.41. The van der Waals surface area contributed by atoms with Crippen molar-refractivity contribution >= 4 is 5.71 Å². The van der Waals surface area contributed by atoms with Crippen molar-refractivity contribution in [3.05, 3.63) is 36.0 Å². The minimum atomic E-state index is 0.598. The van der Waals surface area contributed by atoms with Crippen LogP contribution in [0.15, 0.2) is 41.1 Å². The number of rotatable bonds is 0. The molecule has 2 saturated carbocycles. The van der Waals surface area contributed by atoms with Gasteiger partial charge in [0.25, 0.3) is 0 Å². The maximum absolute atomic E-state index is 5.41. The first-order chi connectivity index (χ1) is 9.71. The van der Waals surface area contributed by atoms with Crippen LogP contribution < -0.4 is 5.84 Å². The Morgan fingerprint density at radius 2 is 2.10 bits per heavy atom. The third-order valence-electron chi connectivity index (χ3n) is 6.46. The fourth-order valence-corrected chi connectivity index (χ4v) is 5.39. The van der Waals surface area contributed by atoms with E-state index in [9.17, 15) is 0 Å². The first-order valence-corrected chi connectivity index (χ1v) is 8.07. The van der Waals surface area contributed by atoms with Crippen molar-refractivity contribution in [2.24, 2.45) is 40.0 Å². The molecule has 0 unspecified atom stereocenters. The van der Waals surface area contributed by atoms with Gasteiger partial charge in [0.1, 0.15) is 0 Å². The summed E-state index contributed by atoms with van der Waals surface area (Å²) in [7, 11) is 0. The van der Waals surface area contributed by atoms with Crippen molar-refractivity contribution < 1.29 is 0 Å². The van der Waals surface area contributed by atoms with Gasteiger partial charge >= 0.3 is 0 Å². The van der Waals surface area contributed by atoms with Crippen LogP contribution in [0.1, 0.15) is 39.0 Å². The summed E-state index contributed by atoms with van der Waals surface area (Å²) < 4.78 is 0. The van der Waals surface area contributed by atoms with Crippen molar-refractivity contribution in [1.29, 1.82) is 0 Å². The van der Waals surface area contributed by atoms with E-state index in [0.29, 0.717) is 11.3 Å². The van der Waals surface area contributed by atoms with Crippen LogP contribution in [0, 0.1) is 29.1 Å². The number of allylic oxidation sites excluding steroid dienone is 6. The lowest BCUT2D eigenvalue weighted by Crippen LogP contribution is -2.42. The molecule has 2 nitrogen and oxygen atoms in total. The van der Waals surface area contributed by atoms with Gasteiger partial charge in [0, 0.05) is 5.92 Å². The van der Waals surface area contributed by atoms with Crippen molar-refractivity contribution in [2.75, 3.05) is 0 Å². The Bertz CT molecular complexity index is 540. The zero-order chi connectivity index (χ0) is 13.7. The summed E-state index contributed by atoms with van der Waals surface area (Å²) in [4.78, 5) is 0. The van der Waals surface area contributed by atoms with Gasteiger partial charge in [-0.3, -0.25) is 0 Å². The number of hydrogen-bond acceptors (Lipinski definition) is 2. The van der Waals surface area contributed by atoms with Gasteiger partial charge in [-0.1, -0.05) is 31.6 Å². The van der Waals surface area contributed by atoms with Gasteiger partial charge in [0.2, 0.25) is 0 Å². The van der Waals surface area contributed by atoms with Gasteiger partial charge in [0.05, 0.1) is 5.71 Å². The fourth-order valence-electron chi connectivity index (χ4n) is 5.39. The van der Waals surface area contributed by atoms with Crippen molar-refractivity contribution in [3.8, 4) is 0 Å². The van der Waals surface area contributed by atoms with E-state index in [1.807, 2.05) is 0 Å². The van der Waals surface area contributed by atoms with E-state index >= 15 is 0 Å².